The zero-order chi connectivity index (χ0) is 12.9. The maximum atomic E-state index is 11.7. The molecule has 4 rings (SSSR count). The molecule has 1 unspecified atom stereocenters. The van der Waals surface area contributed by atoms with Gasteiger partial charge in [-0.1, -0.05) is 17.2 Å². The van der Waals surface area contributed by atoms with Gasteiger partial charge in [0, 0.05) is 24.0 Å². The number of fused-ring (bicyclic) bond motifs is 3. The molecule has 1 fully saturated rings. The minimum Gasteiger partial charge on any atom is -0.450 e. The first kappa shape index (κ1) is 11.7. The van der Waals surface area contributed by atoms with Crippen LogP contribution in [-0.4, -0.2) is 22.8 Å². The number of hydrogen-bond donors (Lipinski definition) is 1. The highest BCUT2D eigenvalue weighted by Crippen LogP contribution is 2.48. The first-order valence-electron chi connectivity index (χ1n) is 6.49. The van der Waals surface area contributed by atoms with Gasteiger partial charge in [0.15, 0.2) is 0 Å². The maximum absolute atomic E-state index is 11.7. The van der Waals surface area contributed by atoms with Crippen molar-refractivity contribution in [3.05, 3.63) is 34.4 Å². The number of rotatable bonds is 0. The average Bonchev–Trinajstić information content (AvgIpc) is 2.52. The Morgan fingerprint density at radius 2 is 2.11 bits per heavy atom. The summed E-state index contributed by atoms with van der Waals surface area (Å²) < 4.78 is 5.37. The third-order valence-corrected chi connectivity index (χ3v) is 4.18. The molecule has 0 saturated heterocycles. The Morgan fingerprint density at radius 3 is 2.83 bits per heavy atom. The minimum absolute atomic E-state index is 0.288. The molecular formula is C15H18O3. The van der Waals surface area contributed by atoms with Crippen LogP contribution >= 0.6 is 0 Å². The van der Waals surface area contributed by atoms with Crippen molar-refractivity contribution in [3.8, 4) is 0 Å². The van der Waals surface area contributed by atoms with E-state index >= 15 is 0 Å². The molecule has 4 aliphatic rings. The van der Waals surface area contributed by atoms with Crippen molar-refractivity contribution in [1.29, 1.82) is 0 Å². The molecule has 1 N–H and O–H groups in total. The predicted octanol–water partition coefficient (Wildman–Crippen LogP) is 2.42. The summed E-state index contributed by atoms with van der Waals surface area (Å²) in [5.74, 6) is -0.288. The molecule has 0 amide bonds. The van der Waals surface area contributed by atoms with E-state index in [9.17, 15) is 9.90 Å². The Hall–Kier alpha value is -1.35. The molecule has 3 aliphatic carbocycles. The number of carbonyl (C=O) groups is 1. The van der Waals surface area contributed by atoms with Crippen LogP contribution < -0.4 is 0 Å². The Kier molecular flexibility index (Phi) is 2.49. The van der Waals surface area contributed by atoms with Crippen LogP contribution in [-0.2, 0) is 9.53 Å². The standard InChI is InChI=1S/C15H18O3/c1-9-4-3-5-11-7-15(17,8-11)13-10(2)14(16)18-12(13)6-9/h5-6,12,17H,3-4,7-8H2,1-2H3. The van der Waals surface area contributed by atoms with E-state index < -0.39 is 5.60 Å². The fraction of sp³-hybridized carbons (Fsp3) is 0.533. The largest absolute Gasteiger partial charge is 0.450 e. The Balaban J connectivity index is 2.06. The first-order valence-corrected chi connectivity index (χ1v) is 6.49. The lowest BCUT2D eigenvalue weighted by atomic mass is 9.68. The highest BCUT2D eigenvalue weighted by Gasteiger charge is 2.49. The SMILES string of the molecule is CC1=CC2OC(=O)C(C)=C2C2(O)CC(=CCC1)C2. The second-order valence-corrected chi connectivity index (χ2v) is 5.66. The Labute approximate surface area is 107 Å². The molecule has 2 bridgehead atoms. The van der Waals surface area contributed by atoms with Crippen LogP contribution in [0.2, 0.25) is 0 Å². The summed E-state index contributed by atoms with van der Waals surface area (Å²) in [6, 6.07) is 0. The van der Waals surface area contributed by atoms with Crippen LogP contribution in [0.1, 0.15) is 39.5 Å². The van der Waals surface area contributed by atoms with E-state index in [-0.39, 0.29) is 12.1 Å². The molecule has 0 radical (unpaired) electrons. The van der Waals surface area contributed by atoms with Gasteiger partial charge < -0.3 is 9.84 Å². The van der Waals surface area contributed by atoms with Crippen LogP contribution in [0.3, 0.4) is 0 Å². The summed E-state index contributed by atoms with van der Waals surface area (Å²) in [6.45, 7) is 3.81. The van der Waals surface area contributed by atoms with E-state index in [2.05, 4.69) is 13.0 Å². The number of carbonyl (C=O) groups excluding carboxylic acids is 1. The van der Waals surface area contributed by atoms with Gasteiger partial charge >= 0.3 is 5.97 Å². The van der Waals surface area contributed by atoms with E-state index in [0.29, 0.717) is 18.4 Å². The van der Waals surface area contributed by atoms with Gasteiger partial charge in [0.1, 0.15) is 6.10 Å². The van der Waals surface area contributed by atoms with Gasteiger partial charge in [-0.05, 0) is 32.8 Å². The molecule has 96 valence electrons. The molecule has 0 aromatic carbocycles. The molecule has 0 aromatic rings. The quantitative estimate of drug-likeness (QED) is 0.527. The number of ether oxygens (including phenoxy) is 1. The van der Waals surface area contributed by atoms with Gasteiger partial charge in [0.2, 0.25) is 0 Å². The number of allylic oxidation sites excluding steroid dienone is 2. The molecule has 1 heterocycles. The van der Waals surface area contributed by atoms with Crippen molar-refractivity contribution in [1.82, 2.24) is 0 Å². The van der Waals surface area contributed by atoms with Crippen LogP contribution in [0.15, 0.2) is 34.4 Å². The van der Waals surface area contributed by atoms with Gasteiger partial charge in [0.25, 0.3) is 0 Å². The van der Waals surface area contributed by atoms with Crippen molar-refractivity contribution in [2.24, 2.45) is 0 Å². The molecule has 0 spiro atoms. The summed E-state index contributed by atoms with van der Waals surface area (Å²) in [7, 11) is 0. The van der Waals surface area contributed by atoms with Crippen LogP contribution in [0, 0.1) is 0 Å². The lowest BCUT2D eigenvalue weighted by molar-refractivity contribution is -0.138. The van der Waals surface area contributed by atoms with Crippen molar-refractivity contribution in [2.75, 3.05) is 0 Å². The third kappa shape index (κ3) is 1.65. The van der Waals surface area contributed by atoms with Gasteiger partial charge in [0.05, 0.1) is 5.60 Å². The summed E-state index contributed by atoms with van der Waals surface area (Å²) in [5, 5.41) is 10.6. The molecular weight excluding hydrogens is 228 g/mol. The molecule has 0 aromatic heterocycles. The van der Waals surface area contributed by atoms with Crippen molar-refractivity contribution in [2.45, 2.75) is 51.2 Å². The van der Waals surface area contributed by atoms with E-state index in [1.54, 1.807) is 6.92 Å². The predicted molar refractivity (Wildman–Crippen MR) is 67.8 cm³/mol. The number of esters is 1. The fourth-order valence-corrected chi connectivity index (χ4v) is 3.20. The summed E-state index contributed by atoms with van der Waals surface area (Å²) >= 11 is 0. The van der Waals surface area contributed by atoms with Crippen LogP contribution in [0.5, 0.6) is 0 Å². The second-order valence-electron chi connectivity index (χ2n) is 5.66. The van der Waals surface area contributed by atoms with Gasteiger partial charge in [-0.25, -0.2) is 4.79 Å². The maximum Gasteiger partial charge on any atom is 0.334 e. The summed E-state index contributed by atoms with van der Waals surface area (Å²) in [5.41, 5.74) is 3.02. The molecule has 3 nitrogen and oxygen atoms in total. The topological polar surface area (TPSA) is 46.5 Å². The van der Waals surface area contributed by atoms with E-state index in [1.807, 2.05) is 6.08 Å². The highest BCUT2D eigenvalue weighted by molar-refractivity contribution is 5.92. The molecule has 18 heavy (non-hydrogen) atoms. The average molecular weight is 246 g/mol. The van der Waals surface area contributed by atoms with Crippen molar-refractivity contribution >= 4 is 5.97 Å². The molecule has 1 aliphatic heterocycles. The number of aliphatic hydroxyl groups is 1. The first-order chi connectivity index (χ1) is 8.49. The lowest BCUT2D eigenvalue weighted by Gasteiger charge is -2.42. The van der Waals surface area contributed by atoms with Gasteiger partial charge in [-0.15, -0.1) is 0 Å². The molecule has 3 heteroatoms. The summed E-state index contributed by atoms with van der Waals surface area (Å²) in [4.78, 5) is 11.7. The van der Waals surface area contributed by atoms with Gasteiger partial charge in [-0.2, -0.15) is 0 Å². The van der Waals surface area contributed by atoms with E-state index in [1.165, 1.54) is 11.1 Å². The normalized spacial score (nSPS) is 35.3. The zero-order valence-electron chi connectivity index (χ0n) is 10.8. The third-order valence-electron chi connectivity index (χ3n) is 4.18. The van der Waals surface area contributed by atoms with Gasteiger partial charge in [-0.3, -0.25) is 0 Å². The van der Waals surface area contributed by atoms with E-state index in [4.69, 9.17) is 4.74 Å². The Bertz CT molecular complexity index is 500. The van der Waals surface area contributed by atoms with Crippen LogP contribution in [0.25, 0.3) is 0 Å². The second kappa shape index (κ2) is 3.82. The Morgan fingerprint density at radius 1 is 1.39 bits per heavy atom. The number of hydrogen-bond acceptors (Lipinski definition) is 3. The molecule has 1 saturated carbocycles. The lowest BCUT2D eigenvalue weighted by Crippen LogP contribution is -2.44. The minimum atomic E-state index is -0.860. The zero-order valence-corrected chi connectivity index (χ0v) is 10.8. The monoisotopic (exact) mass is 246 g/mol. The van der Waals surface area contributed by atoms with Crippen molar-refractivity contribution < 1.29 is 14.6 Å². The summed E-state index contributed by atoms with van der Waals surface area (Å²) in [6.07, 6.45) is 7.15. The van der Waals surface area contributed by atoms with Crippen molar-refractivity contribution in [3.63, 3.8) is 0 Å². The fourth-order valence-electron chi connectivity index (χ4n) is 3.20. The highest BCUT2D eigenvalue weighted by atomic mass is 16.5. The molecule has 1 atom stereocenters. The smallest absolute Gasteiger partial charge is 0.334 e. The van der Waals surface area contributed by atoms with E-state index in [0.717, 1.165) is 18.4 Å². The van der Waals surface area contributed by atoms with Crippen LogP contribution in [0.4, 0.5) is 0 Å².